The van der Waals surface area contributed by atoms with E-state index in [-0.39, 0.29) is 6.42 Å². The summed E-state index contributed by atoms with van der Waals surface area (Å²) in [5, 5.41) is 13.1. The third-order valence-corrected chi connectivity index (χ3v) is 4.66. The normalized spacial score (nSPS) is 14.5. The number of benzene rings is 3. The summed E-state index contributed by atoms with van der Waals surface area (Å²) in [7, 11) is 0. The molecule has 1 unspecified atom stereocenters. The van der Waals surface area contributed by atoms with Crippen LogP contribution in [-0.2, 0) is 11.2 Å². The number of aliphatic carboxylic acids is 1. The number of amides is 2. The van der Waals surface area contributed by atoms with Crippen molar-refractivity contribution in [2.45, 2.75) is 12.5 Å². The number of carboxylic acid groups (broad SMARTS) is 1. The maximum Gasteiger partial charge on any atom is 0.262 e. The molecule has 0 radical (unpaired) electrons. The summed E-state index contributed by atoms with van der Waals surface area (Å²) >= 11 is 0. The molecule has 5 heteroatoms. The zero-order chi connectivity index (χ0) is 18.3. The molecule has 0 N–H and O–H groups in total. The minimum absolute atomic E-state index is 0.00119. The number of hydrogen-bond acceptors (Lipinski definition) is 4. The van der Waals surface area contributed by atoms with Crippen molar-refractivity contribution in [3.63, 3.8) is 0 Å². The molecule has 1 heterocycles. The van der Waals surface area contributed by atoms with Crippen LogP contribution in [0.4, 0.5) is 0 Å². The van der Waals surface area contributed by atoms with E-state index in [0.717, 1.165) is 10.3 Å². The molecule has 0 bridgehead atoms. The second-order valence-electron chi connectivity index (χ2n) is 6.21. The van der Waals surface area contributed by atoms with Crippen molar-refractivity contribution in [1.82, 2.24) is 4.90 Å². The van der Waals surface area contributed by atoms with Gasteiger partial charge in [0.2, 0.25) is 0 Å². The number of rotatable bonds is 4. The number of hydrogen-bond donors (Lipinski definition) is 0. The number of imide groups is 1. The lowest BCUT2D eigenvalue weighted by molar-refractivity contribution is -0.310. The predicted octanol–water partition coefficient (Wildman–Crippen LogP) is 1.80. The Morgan fingerprint density at radius 3 is 1.96 bits per heavy atom. The first-order chi connectivity index (χ1) is 12.6. The lowest BCUT2D eigenvalue weighted by atomic mass is 9.92. The Balaban J connectivity index is 1.82. The maximum absolute atomic E-state index is 13.0. The van der Waals surface area contributed by atoms with Crippen molar-refractivity contribution in [3.05, 3.63) is 83.4 Å². The first-order valence-electron chi connectivity index (χ1n) is 8.22. The minimum atomic E-state index is -1.46. The molecule has 0 aliphatic carbocycles. The molecule has 26 heavy (non-hydrogen) atoms. The van der Waals surface area contributed by atoms with Crippen molar-refractivity contribution < 1.29 is 19.5 Å². The summed E-state index contributed by atoms with van der Waals surface area (Å²) in [4.78, 5) is 38.5. The average molecular weight is 344 g/mol. The van der Waals surface area contributed by atoms with Crippen LogP contribution in [0, 0.1) is 0 Å². The van der Waals surface area contributed by atoms with Crippen LogP contribution in [0.25, 0.3) is 10.8 Å². The lowest BCUT2D eigenvalue weighted by Crippen LogP contribution is -2.55. The molecule has 0 fully saturated rings. The van der Waals surface area contributed by atoms with Gasteiger partial charge < -0.3 is 9.90 Å². The molecule has 3 aromatic rings. The summed E-state index contributed by atoms with van der Waals surface area (Å²) in [6, 6.07) is 17.8. The van der Waals surface area contributed by atoms with Crippen molar-refractivity contribution >= 4 is 28.6 Å². The van der Waals surface area contributed by atoms with Crippen LogP contribution in [0.15, 0.2) is 66.7 Å². The highest BCUT2D eigenvalue weighted by molar-refractivity contribution is 6.26. The van der Waals surface area contributed by atoms with Gasteiger partial charge in [-0.05, 0) is 29.5 Å². The molecule has 128 valence electrons. The van der Waals surface area contributed by atoms with Gasteiger partial charge in [0.15, 0.2) is 0 Å². The molecule has 4 rings (SSSR count). The SMILES string of the molecule is O=C([O-])C(Cc1ccccc1)N1C(=O)c2cccc3cccc(c23)C1=O. The van der Waals surface area contributed by atoms with Crippen LogP contribution in [0.5, 0.6) is 0 Å². The maximum atomic E-state index is 13.0. The van der Waals surface area contributed by atoms with Gasteiger partial charge in [0.1, 0.15) is 0 Å². The van der Waals surface area contributed by atoms with Crippen molar-refractivity contribution in [2.24, 2.45) is 0 Å². The Bertz CT molecular complexity index is 992. The van der Waals surface area contributed by atoms with Crippen LogP contribution in [0.3, 0.4) is 0 Å². The molecular formula is C21H14NO4-. The van der Waals surface area contributed by atoms with Crippen molar-refractivity contribution in [1.29, 1.82) is 0 Å². The second-order valence-corrected chi connectivity index (χ2v) is 6.21. The van der Waals surface area contributed by atoms with E-state index in [1.807, 2.05) is 18.2 Å². The van der Waals surface area contributed by atoms with Crippen LogP contribution >= 0.6 is 0 Å². The summed E-state index contributed by atoms with van der Waals surface area (Å²) in [6.07, 6.45) is -0.00119. The van der Waals surface area contributed by atoms with E-state index in [2.05, 4.69) is 0 Å². The summed E-state index contributed by atoms with van der Waals surface area (Å²) in [5.41, 5.74) is 1.37. The number of carbonyl (C=O) groups is 3. The fourth-order valence-electron chi connectivity index (χ4n) is 3.45. The third-order valence-electron chi connectivity index (χ3n) is 4.66. The van der Waals surface area contributed by atoms with Crippen LogP contribution < -0.4 is 5.11 Å². The van der Waals surface area contributed by atoms with Crippen LogP contribution in [0.1, 0.15) is 26.3 Å². The molecular weight excluding hydrogens is 330 g/mol. The zero-order valence-corrected chi connectivity index (χ0v) is 13.7. The van der Waals surface area contributed by atoms with Crippen LogP contribution in [0.2, 0.25) is 0 Å². The number of carboxylic acids is 1. The molecule has 0 spiro atoms. The van der Waals surface area contributed by atoms with E-state index < -0.39 is 23.8 Å². The molecule has 0 saturated carbocycles. The van der Waals surface area contributed by atoms with Crippen molar-refractivity contribution in [3.8, 4) is 0 Å². The first-order valence-corrected chi connectivity index (χ1v) is 8.22. The second kappa shape index (κ2) is 6.11. The van der Waals surface area contributed by atoms with E-state index in [4.69, 9.17) is 0 Å². The number of nitrogens with zero attached hydrogens (tertiary/aromatic N) is 1. The highest BCUT2D eigenvalue weighted by atomic mass is 16.4. The molecule has 0 saturated heterocycles. The average Bonchev–Trinajstić information content (AvgIpc) is 2.66. The quantitative estimate of drug-likeness (QED) is 0.676. The van der Waals surface area contributed by atoms with Gasteiger partial charge in [-0.2, -0.15) is 0 Å². The van der Waals surface area contributed by atoms with Gasteiger partial charge in [-0.25, -0.2) is 0 Å². The van der Waals surface area contributed by atoms with E-state index in [9.17, 15) is 19.5 Å². The lowest BCUT2D eigenvalue weighted by Gasteiger charge is -2.34. The standard InChI is InChI=1S/C21H15NO4/c23-19-15-10-4-8-14-9-5-11-16(18(14)15)20(24)22(19)17(21(25)26)12-13-6-2-1-3-7-13/h1-11,17H,12H2,(H,25,26)/p-1. The largest absolute Gasteiger partial charge is 0.548 e. The predicted molar refractivity (Wildman–Crippen MR) is 93.4 cm³/mol. The molecule has 1 aliphatic heterocycles. The fourth-order valence-corrected chi connectivity index (χ4v) is 3.45. The van der Waals surface area contributed by atoms with Crippen molar-refractivity contribution in [2.75, 3.05) is 0 Å². The Labute approximate surface area is 149 Å². The first kappa shape index (κ1) is 16.0. The van der Waals surface area contributed by atoms with Gasteiger partial charge >= 0.3 is 0 Å². The van der Waals surface area contributed by atoms with Gasteiger partial charge in [0, 0.05) is 16.5 Å². The highest BCUT2D eigenvalue weighted by Crippen LogP contribution is 2.31. The summed E-state index contributed by atoms with van der Waals surface area (Å²) in [5.74, 6) is -2.67. The van der Waals surface area contributed by atoms with Crippen LogP contribution in [-0.4, -0.2) is 28.7 Å². The van der Waals surface area contributed by atoms with Gasteiger partial charge in [0.05, 0.1) is 12.0 Å². The third kappa shape index (κ3) is 2.45. The highest BCUT2D eigenvalue weighted by Gasteiger charge is 2.37. The molecule has 1 aliphatic rings. The Morgan fingerprint density at radius 1 is 0.846 bits per heavy atom. The smallest absolute Gasteiger partial charge is 0.262 e. The van der Waals surface area contributed by atoms with Gasteiger partial charge in [-0.3, -0.25) is 14.5 Å². The van der Waals surface area contributed by atoms with E-state index >= 15 is 0 Å². The Kier molecular flexibility index (Phi) is 3.77. The minimum Gasteiger partial charge on any atom is -0.548 e. The van der Waals surface area contributed by atoms with E-state index in [0.29, 0.717) is 22.1 Å². The molecule has 5 nitrogen and oxygen atoms in total. The van der Waals surface area contributed by atoms with Gasteiger partial charge in [-0.15, -0.1) is 0 Å². The molecule has 0 aromatic heterocycles. The fraction of sp³-hybridized carbons (Fsp3) is 0.0952. The molecule has 1 atom stereocenters. The molecule has 3 aromatic carbocycles. The summed E-state index contributed by atoms with van der Waals surface area (Å²) in [6.45, 7) is 0. The topological polar surface area (TPSA) is 77.5 Å². The van der Waals surface area contributed by atoms with E-state index in [1.54, 1.807) is 48.5 Å². The zero-order valence-electron chi connectivity index (χ0n) is 13.7. The number of carbonyl (C=O) groups excluding carboxylic acids is 3. The van der Waals surface area contributed by atoms with Gasteiger partial charge in [-0.1, -0.05) is 54.6 Å². The summed E-state index contributed by atoms with van der Waals surface area (Å²) < 4.78 is 0. The molecule has 2 amide bonds. The van der Waals surface area contributed by atoms with Gasteiger partial charge in [0.25, 0.3) is 11.8 Å². The van der Waals surface area contributed by atoms with E-state index in [1.165, 1.54) is 0 Å². The Hall–Kier alpha value is -3.47. The Morgan fingerprint density at radius 2 is 1.42 bits per heavy atom. The monoisotopic (exact) mass is 344 g/mol.